The molecular weight excluding hydrogens is 330 g/mol. The third kappa shape index (κ3) is 3.33. The van der Waals surface area contributed by atoms with E-state index in [1.807, 2.05) is 36.5 Å². The molecule has 2 aromatic heterocycles. The Labute approximate surface area is 151 Å². The van der Waals surface area contributed by atoms with Crippen LogP contribution in [0.15, 0.2) is 42.6 Å². The Kier molecular flexibility index (Phi) is 4.43. The molecule has 1 aliphatic heterocycles. The van der Waals surface area contributed by atoms with Gasteiger partial charge in [0, 0.05) is 42.5 Å². The number of fused-ring (bicyclic) bond motifs is 1. The van der Waals surface area contributed by atoms with Gasteiger partial charge in [-0.25, -0.2) is 0 Å². The molecule has 26 heavy (non-hydrogen) atoms. The third-order valence-electron chi connectivity index (χ3n) is 4.85. The SMILES string of the molecule is COc1ccc(N2CCC(C(=O)Nc3ccc4cc[nH]c4c3)CC2)nn1. The number of nitrogens with one attached hydrogen (secondary N) is 2. The number of aromatic amines is 1. The second kappa shape index (κ2) is 7.03. The maximum atomic E-state index is 12.6. The molecule has 3 heterocycles. The van der Waals surface area contributed by atoms with Gasteiger partial charge in [0.2, 0.25) is 11.8 Å². The van der Waals surface area contributed by atoms with Crippen molar-refractivity contribution in [2.75, 3.05) is 30.4 Å². The fourth-order valence-electron chi connectivity index (χ4n) is 3.33. The summed E-state index contributed by atoms with van der Waals surface area (Å²) in [5.41, 5.74) is 1.85. The molecule has 4 rings (SSSR count). The second-order valence-electron chi connectivity index (χ2n) is 6.46. The highest BCUT2D eigenvalue weighted by Gasteiger charge is 2.26. The van der Waals surface area contributed by atoms with Gasteiger partial charge in [0.05, 0.1) is 7.11 Å². The van der Waals surface area contributed by atoms with Crippen molar-refractivity contribution in [2.45, 2.75) is 12.8 Å². The average Bonchev–Trinajstić information content (AvgIpc) is 3.16. The molecule has 1 aromatic carbocycles. The molecule has 0 saturated carbocycles. The lowest BCUT2D eigenvalue weighted by atomic mass is 9.96. The van der Waals surface area contributed by atoms with Gasteiger partial charge >= 0.3 is 0 Å². The predicted molar refractivity (Wildman–Crippen MR) is 100 cm³/mol. The van der Waals surface area contributed by atoms with Crippen molar-refractivity contribution in [1.82, 2.24) is 15.2 Å². The minimum atomic E-state index is 0.0109. The molecule has 0 radical (unpaired) electrons. The van der Waals surface area contributed by atoms with E-state index in [9.17, 15) is 4.79 Å². The highest BCUT2D eigenvalue weighted by molar-refractivity contribution is 5.95. The van der Waals surface area contributed by atoms with Gasteiger partial charge in [-0.1, -0.05) is 6.07 Å². The quantitative estimate of drug-likeness (QED) is 0.755. The smallest absolute Gasteiger partial charge is 0.233 e. The highest BCUT2D eigenvalue weighted by Crippen LogP contribution is 2.24. The molecule has 0 bridgehead atoms. The number of benzene rings is 1. The van der Waals surface area contributed by atoms with Gasteiger partial charge in [0.25, 0.3) is 0 Å². The standard InChI is InChI=1S/C19H21N5O2/c1-26-18-5-4-17(22-23-18)24-10-7-14(8-11-24)19(25)21-15-3-2-13-6-9-20-16(13)12-15/h2-6,9,12,14,20H,7-8,10-11H2,1H3,(H,21,25). The number of hydrogen-bond acceptors (Lipinski definition) is 5. The minimum Gasteiger partial charge on any atom is -0.480 e. The van der Waals surface area contributed by atoms with Crippen molar-refractivity contribution in [2.24, 2.45) is 5.92 Å². The van der Waals surface area contributed by atoms with Gasteiger partial charge in [-0.3, -0.25) is 4.79 Å². The first-order valence-electron chi connectivity index (χ1n) is 8.73. The van der Waals surface area contributed by atoms with Crippen LogP contribution in [-0.2, 0) is 4.79 Å². The Hall–Kier alpha value is -3.09. The summed E-state index contributed by atoms with van der Waals surface area (Å²) in [5, 5.41) is 12.4. The zero-order valence-corrected chi connectivity index (χ0v) is 14.6. The Bertz CT molecular complexity index is 898. The Balaban J connectivity index is 1.35. The zero-order valence-electron chi connectivity index (χ0n) is 14.6. The second-order valence-corrected chi connectivity index (χ2v) is 6.46. The first-order chi connectivity index (χ1) is 12.7. The van der Waals surface area contributed by atoms with Crippen LogP contribution in [0.3, 0.4) is 0 Å². The zero-order chi connectivity index (χ0) is 17.9. The van der Waals surface area contributed by atoms with Crippen molar-refractivity contribution in [3.8, 4) is 5.88 Å². The minimum absolute atomic E-state index is 0.0109. The summed E-state index contributed by atoms with van der Waals surface area (Å²) in [7, 11) is 1.57. The van der Waals surface area contributed by atoms with Gasteiger partial charge < -0.3 is 19.9 Å². The van der Waals surface area contributed by atoms with Crippen LogP contribution in [0.2, 0.25) is 0 Å². The molecule has 0 atom stereocenters. The molecule has 0 unspecified atom stereocenters. The number of carbonyl (C=O) groups excluding carboxylic acids is 1. The molecule has 0 spiro atoms. The Morgan fingerprint density at radius 3 is 2.77 bits per heavy atom. The number of piperidine rings is 1. The number of carbonyl (C=O) groups is 1. The maximum absolute atomic E-state index is 12.6. The van der Waals surface area contributed by atoms with Crippen LogP contribution in [0.25, 0.3) is 10.9 Å². The summed E-state index contributed by atoms with van der Waals surface area (Å²) < 4.78 is 5.04. The number of methoxy groups -OCH3 is 1. The van der Waals surface area contributed by atoms with Crippen molar-refractivity contribution in [3.63, 3.8) is 0 Å². The van der Waals surface area contributed by atoms with Crippen LogP contribution in [0, 0.1) is 5.92 Å². The van der Waals surface area contributed by atoms with Crippen LogP contribution >= 0.6 is 0 Å². The number of amides is 1. The summed E-state index contributed by atoms with van der Waals surface area (Å²) in [5.74, 6) is 1.41. The Morgan fingerprint density at radius 2 is 2.04 bits per heavy atom. The molecule has 1 saturated heterocycles. The van der Waals surface area contributed by atoms with Crippen molar-refractivity contribution >= 4 is 28.3 Å². The number of nitrogens with zero attached hydrogens (tertiary/aromatic N) is 3. The molecule has 2 N–H and O–H groups in total. The molecule has 7 nitrogen and oxygen atoms in total. The first kappa shape index (κ1) is 16.4. The Morgan fingerprint density at radius 1 is 1.19 bits per heavy atom. The summed E-state index contributed by atoms with van der Waals surface area (Å²) >= 11 is 0. The summed E-state index contributed by atoms with van der Waals surface area (Å²) in [6, 6.07) is 11.6. The topological polar surface area (TPSA) is 83.1 Å². The molecule has 0 aliphatic carbocycles. The van der Waals surface area contributed by atoms with Gasteiger partial charge in [-0.05, 0) is 42.5 Å². The van der Waals surface area contributed by atoms with E-state index in [-0.39, 0.29) is 11.8 Å². The van der Waals surface area contributed by atoms with E-state index >= 15 is 0 Å². The van der Waals surface area contributed by atoms with E-state index in [2.05, 4.69) is 25.4 Å². The predicted octanol–water partition coefficient (Wildman–Crippen LogP) is 2.82. The fourth-order valence-corrected chi connectivity index (χ4v) is 3.33. The number of anilines is 2. The monoisotopic (exact) mass is 351 g/mol. The van der Waals surface area contributed by atoms with Crippen LogP contribution in [0.4, 0.5) is 11.5 Å². The van der Waals surface area contributed by atoms with Gasteiger partial charge in [-0.2, -0.15) is 0 Å². The number of H-pyrrole nitrogens is 1. The maximum Gasteiger partial charge on any atom is 0.233 e. The van der Waals surface area contributed by atoms with Gasteiger partial charge in [0.1, 0.15) is 0 Å². The van der Waals surface area contributed by atoms with E-state index in [1.165, 1.54) is 0 Å². The van der Waals surface area contributed by atoms with Crippen molar-refractivity contribution in [3.05, 3.63) is 42.6 Å². The van der Waals surface area contributed by atoms with E-state index < -0.39 is 0 Å². The molecule has 7 heteroatoms. The van der Waals surface area contributed by atoms with Crippen molar-refractivity contribution < 1.29 is 9.53 Å². The number of ether oxygens (including phenoxy) is 1. The lowest BCUT2D eigenvalue weighted by molar-refractivity contribution is -0.120. The van der Waals surface area contributed by atoms with Crippen LogP contribution < -0.4 is 15.0 Å². The summed E-state index contributed by atoms with van der Waals surface area (Å²) in [6.07, 6.45) is 3.49. The molecule has 3 aromatic rings. The number of rotatable bonds is 4. The molecule has 1 aliphatic rings. The van der Waals surface area contributed by atoms with E-state index in [0.29, 0.717) is 5.88 Å². The fraction of sp³-hybridized carbons (Fsp3) is 0.316. The molecule has 1 amide bonds. The van der Waals surface area contributed by atoms with Crippen LogP contribution in [0.5, 0.6) is 5.88 Å². The van der Waals surface area contributed by atoms with E-state index in [4.69, 9.17) is 4.74 Å². The summed E-state index contributed by atoms with van der Waals surface area (Å²) in [6.45, 7) is 1.57. The third-order valence-corrected chi connectivity index (χ3v) is 4.85. The molecule has 1 fully saturated rings. The average molecular weight is 351 g/mol. The van der Waals surface area contributed by atoms with Crippen LogP contribution in [-0.4, -0.2) is 41.3 Å². The van der Waals surface area contributed by atoms with E-state index in [1.54, 1.807) is 13.2 Å². The van der Waals surface area contributed by atoms with Gasteiger partial charge in [-0.15, -0.1) is 10.2 Å². The lowest BCUT2D eigenvalue weighted by Crippen LogP contribution is -2.38. The first-order valence-corrected chi connectivity index (χ1v) is 8.73. The molecule has 134 valence electrons. The van der Waals surface area contributed by atoms with Crippen molar-refractivity contribution in [1.29, 1.82) is 0 Å². The highest BCUT2D eigenvalue weighted by atomic mass is 16.5. The lowest BCUT2D eigenvalue weighted by Gasteiger charge is -2.31. The van der Waals surface area contributed by atoms with Gasteiger partial charge in [0.15, 0.2) is 5.82 Å². The largest absolute Gasteiger partial charge is 0.480 e. The summed E-state index contributed by atoms with van der Waals surface area (Å²) in [4.78, 5) is 17.9. The van der Waals surface area contributed by atoms with E-state index in [0.717, 1.165) is 48.3 Å². The number of aromatic nitrogens is 3. The van der Waals surface area contributed by atoms with Crippen LogP contribution in [0.1, 0.15) is 12.8 Å². The normalized spacial score (nSPS) is 15.2. The molecular formula is C19H21N5O2. The number of hydrogen-bond donors (Lipinski definition) is 2.